The monoisotopic (exact) mass is 299 g/mol. The van der Waals surface area contributed by atoms with E-state index >= 15 is 0 Å². The molecule has 0 radical (unpaired) electrons. The van der Waals surface area contributed by atoms with Crippen LogP contribution in [-0.4, -0.2) is 39.3 Å². The minimum Gasteiger partial charge on any atom is -0.419 e. The van der Waals surface area contributed by atoms with Gasteiger partial charge in [0.05, 0.1) is 5.69 Å². The summed E-state index contributed by atoms with van der Waals surface area (Å²) in [7, 11) is 0. The number of hydrogen-bond acceptors (Lipinski definition) is 5. The van der Waals surface area contributed by atoms with Gasteiger partial charge in [-0.1, -0.05) is 12.1 Å². The van der Waals surface area contributed by atoms with E-state index in [4.69, 9.17) is 4.42 Å². The van der Waals surface area contributed by atoms with Crippen molar-refractivity contribution in [3.63, 3.8) is 0 Å². The summed E-state index contributed by atoms with van der Waals surface area (Å²) in [6.45, 7) is 5.72. The van der Waals surface area contributed by atoms with Gasteiger partial charge in [0.15, 0.2) is 5.58 Å². The van der Waals surface area contributed by atoms with E-state index in [1.807, 2.05) is 24.3 Å². The highest BCUT2D eigenvalue weighted by Crippen LogP contribution is 2.29. The largest absolute Gasteiger partial charge is 0.419 e. The maximum absolute atomic E-state index is 12.4. The number of piperazine rings is 1. The molecule has 0 saturated carbocycles. The fourth-order valence-corrected chi connectivity index (χ4v) is 3.45. The molecule has 0 unspecified atom stereocenters. The Balaban J connectivity index is 1.80. The number of anilines is 2. The first-order valence-electron chi connectivity index (χ1n) is 8.10. The molecule has 1 aromatic heterocycles. The Morgan fingerprint density at radius 3 is 2.45 bits per heavy atom. The van der Waals surface area contributed by atoms with E-state index in [1.54, 1.807) is 0 Å². The lowest BCUT2D eigenvalue weighted by molar-refractivity contribution is 0.550. The van der Waals surface area contributed by atoms with Gasteiger partial charge in [0, 0.05) is 44.7 Å². The molecule has 5 nitrogen and oxygen atoms in total. The van der Waals surface area contributed by atoms with E-state index < -0.39 is 0 Å². The van der Waals surface area contributed by atoms with Crippen molar-refractivity contribution in [1.82, 2.24) is 5.32 Å². The molecule has 3 heterocycles. The van der Waals surface area contributed by atoms with Crippen LogP contribution in [0.4, 0.5) is 11.4 Å². The third-order valence-corrected chi connectivity index (χ3v) is 4.63. The van der Waals surface area contributed by atoms with Gasteiger partial charge in [0.1, 0.15) is 5.69 Å². The number of nitrogens with zero attached hydrogens (tertiary/aromatic N) is 2. The highest BCUT2D eigenvalue weighted by atomic mass is 16.4. The van der Waals surface area contributed by atoms with Crippen molar-refractivity contribution in [2.75, 3.05) is 49.1 Å². The molecule has 1 aromatic carbocycles. The molecule has 0 aliphatic carbocycles. The van der Waals surface area contributed by atoms with Gasteiger partial charge in [0.2, 0.25) is 0 Å². The van der Waals surface area contributed by atoms with Gasteiger partial charge in [-0.3, -0.25) is 0 Å². The van der Waals surface area contributed by atoms with Crippen molar-refractivity contribution < 1.29 is 4.42 Å². The summed E-state index contributed by atoms with van der Waals surface area (Å²) in [6.07, 6.45) is 2.30. The van der Waals surface area contributed by atoms with Crippen LogP contribution in [0.1, 0.15) is 12.8 Å². The summed E-state index contributed by atoms with van der Waals surface area (Å²) in [6, 6.07) is 8.13. The van der Waals surface area contributed by atoms with Crippen LogP contribution in [0.3, 0.4) is 0 Å². The van der Waals surface area contributed by atoms with Gasteiger partial charge in [0.25, 0.3) is 0 Å². The molecule has 22 heavy (non-hydrogen) atoms. The second-order valence-electron chi connectivity index (χ2n) is 6.05. The van der Waals surface area contributed by atoms with E-state index in [2.05, 4.69) is 15.1 Å². The molecule has 0 bridgehead atoms. The quantitative estimate of drug-likeness (QED) is 0.857. The molecule has 2 saturated heterocycles. The fourth-order valence-electron chi connectivity index (χ4n) is 3.45. The van der Waals surface area contributed by atoms with Gasteiger partial charge in [-0.25, -0.2) is 4.79 Å². The summed E-state index contributed by atoms with van der Waals surface area (Å²) in [5.74, 6) is 0. The Kier molecular flexibility index (Phi) is 3.50. The van der Waals surface area contributed by atoms with Crippen LogP contribution < -0.4 is 20.7 Å². The van der Waals surface area contributed by atoms with Gasteiger partial charge >= 0.3 is 5.63 Å². The number of fused-ring (bicyclic) bond motifs is 1. The van der Waals surface area contributed by atoms with Crippen LogP contribution in [0.5, 0.6) is 0 Å². The highest BCUT2D eigenvalue weighted by Gasteiger charge is 2.20. The van der Waals surface area contributed by atoms with Crippen molar-refractivity contribution in [2.24, 2.45) is 0 Å². The predicted octanol–water partition coefficient (Wildman–Crippen LogP) is 1.80. The number of para-hydroxylation sites is 1. The zero-order valence-electron chi connectivity index (χ0n) is 12.7. The van der Waals surface area contributed by atoms with Gasteiger partial charge in [-0.2, -0.15) is 0 Å². The molecule has 2 aliphatic heterocycles. The maximum atomic E-state index is 12.4. The summed E-state index contributed by atoms with van der Waals surface area (Å²) in [5, 5.41) is 4.36. The van der Waals surface area contributed by atoms with E-state index in [9.17, 15) is 4.79 Å². The molecule has 2 fully saturated rings. The molecular formula is C17H21N3O2. The average Bonchev–Trinajstić information content (AvgIpc) is 3.09. The molecule has 5 heteroatoms. The Labute approximate surface area is 129 Å². The standard InChI is InChI=1S/C17H21N3O2/c21-17-15(19-8-1-2-9-19)12-13-4-3-5-14(16(13)22-17)20-10-6-18-7-11-20/h3-5,12,18H,1-2,6-11H2. The number of hydrogen-bond donors (Lipinski definition) is 1. The predicted molar refractivity (Wildman–Crippen MR) is 89.0 cm³/mol. The highest BCUT2D eigenvalue weighted by molar-refractivity contribution is 5.90. The van der Waals surface area contributed by atoms with Crippen LogP contribution in [0.25, 0.3) is 11.0 Å². The average molecular weight is 299 g/mol. The number of benzene rings is 1. The fraction of sp³-hybridized carbons (Fsp3) is 0.471. The summed E-state index contributed by atoms with van der Waals surface area (Å²) in [5.41, 5.74) is 2.25. The molecule has 0 amide bonds. The number of rotatable bonds is 2. The van der Waals surface area contributed by atoms with Crippen LogP contribution >= 0.6 is 0 Å². The van der Waals surface area contributed by atoms with Gasteiger partial charge in [-0.05, 0) is 25.0 Å². The Morgan fingerprint density at radius 2 is 1.68 bits per heavy atom. The lowest BCUT2D eigenvalue weighted by atomic mass is 10.1. The van der Waals surface area contributed by atoms with E-state index in [0.29, 0.717) is 5.69 Å². The summed E-state index contributed by atoms with van der Waals surface area (Å²) in [4.78, 5) is 16.8. The SMILES string of the molecule is O=c1oc2c(N3CCNCC3)cccc2cc1N1CCCC1. The topological polar surface area (TPSA) is 48.7 Å². The first kappa shape index (κ1) is 13.6. The van der Waals surface area contributed by atoms with Gasteiger partial charge in [-0.15, -0.1) is 0 Å². The lowest BCUT2D eigenvalue weighted by Crippen LogP contribution is -2.43. The molecule has 116 valence electrons. The second-order valence-corrected chi connectivity index (χ2v) is 6.05. The van der Waals surface area contributed by atoms with Crippen LogP contribution in [0.2, 0.25) is 0 Å². The van der Waals surface area contributed by atoms with Crippen molar-refractivity contribution in [2.45, 2.75) is 12.8 Å². The maximum Gasteiger partial charge on any atom is 0.360 e. The smallest absolute Gasteiger partial charge is 0.360 e. The molecule has 2 aromatic rings. The zero-order valence-corrected chi connectivity index (χ0v) is 12.7. The van der Waals surface area contributed by atoms with Crippen LogP contribution in [0, 0.1) is 0 Å². The summed E-state index contributed by atoms with van der Waals surface area (Å²) < 4.78 is 5.73. The molecule has 4 rings (SSSR count). The van der Waals surface area contributed by atoms with E-state index in [0.717, 1.165) is 68.8 Å². The van der Waals surface area contributed by atoms with Crippen molar-refractivity contribution in [3.8, 4) is 0 Å². The first-order chi connectivity index (χ1) is 10.8. The van der Waals surface area contributed by atoms with E-state index in [-0.39, 0.29) is 5.63 Å². The molecule has 2 aliphatic rings. The summed E-state index contributed by atoms with van der Waals surface area (Å²) >= 11 is 0. The van der Waals surface area contributed by atoms with Crippen molar-refractivity contribution >= 4 is 22.3 Å². The Morgan fingerprint density at radius 1 is 0.955 bits per heavy atom. The Bertz CT molecular complexity index is 728. The van der Waals surface area contributed by atoms with Gasteiger partial charge < -0.3 is 19.5 Å². The minimum atomic E-state index is -0.211. The Hall–Kier alpha value is -2.01. The third kappa shape index (κ3) is 2.35. The van der Waals surface area contributed by atoms with Crippen molar-refractivity contribution in [1.29, 1.82) is 0 Å². The molecule has 1 N–H and O–H groups in total. The molecule has 0 spiro atoms. The first-order valence-corrected chi connectivity index (χ1v) is 8.10. The third-order valence-electron chi connectivity index (χ3n) is 4.63. The second kappa shape index (κ2) is 5.65. The molecular weight excluding hydrogens is 278 g/mol. The zero-order chi connectivity index (χ0) is 14.9. The van der Waals surface area contributed by atoms with Crippen LogP contribution in [0.15, 0.2) is 33.5 Å². The normalized spacial score (nSPS) is 19.1. The molecule has 0 atom stereocenters. The van der Waals surface area contributed by atoms with Crippen LogP contribution in [-0.2, 0) is 0 Å². The number of nitrogens with one attached hydrogen (secondary N) is 1. The van der Waals surface area contributed by atoms with E-state index in [1.165, 1.54) is 0 Å². The minimum absolute atomic E-state index is 0.211. The van der Waals surface area contributed by atoms with Crippen molar-refractivity contribution in [3.05, 3.63) is 34.7 Å². The lowest BCUT2D eigenvalue weighted by Gasteiger charge is -2.29.